The Balaban J connectivity index is 1.52. The Labute approximate surface area is 195 Å². The zero-order valence-electron chi connectivity index (χ0n) is 18.8. The van der Waals surface area contributed by atoms with Crippen LogP contribution in [-0.4, -0.2) is 75.3 Å². The summed E-state index contributed by atoms with van der Waals surface area (Å²) in [6.45, 7) is 3.92. The Morgan fingerprint density at radius 1 is 1.15 bits per heavy atom. The predicted octanol–water partition coefficient (Wildman–Crippen LogP) is 2.35. The number of benzene rings is 2. The Morgan fingerprint density at radius 2 is 1.88 bits per heavy atom. The van der Waals surface area contributed by atoms with Crippen molar-refractivity contribution in [1.29, 1.82) is 5.26 Å². The third-order valence-corrected chi connectivity index (χ3v) is 7.36. The molecule has 0 aliphatic carbocycles. The molecule has 1 unspecified atom stereocenters. The summed E-state index contributed by atoms with van der Waals surface area (Å²) < 4.78 is 38.4. The topological polar surface area (TPSA) is 103 Å². The molecule has 0 radical (unpaired) electrons. The van der Waals surface area contributed by atoms with E-state index in [-0.39, 0.29) is 30.2 Å². The third kappa shape index (κ3) is 6.12. The molecule has 1 fully saturated rings. The lowest BCUT2D eigenvalue weighted by Crippen LogP contribution is -2.50. The highest BCUT2D eigenvalue weighted by atomic mass is 32.2. The number of rotatable bonds is 9. The van der Waals surface area contributed by atoms with Crippen molar-refractivity contribution in [3.63, 3.8) is 0 Å². The Kier molecular flexibility index (Phi) is 8.47. The van der Waals surface area contributed by atoms with Gasteiger partial charge in [-0.05, 0) is 36.8 Å². The van der Waals surface area contributed by atoms with Crippen LogP contribution in [0.15, 0.2) is 53.4 Å². The van der Waals surface area contributed by atoms with Gasteiger partial charge in [0.25, 0.3) is 0 Å². The zero-order valence-corrected chi connectivity index (χ0v) is 19.7. The number of ether oxygens (including phenoxy) is 2. The molecule has 0 bridgehead atoms. The number of methoxy groups -OCH3 is 1. The quantitative estimate of drug-likeness (QED) is 0.599. The van der Waals surface area contributed by atoms with E-state index in [1.54, 1.807) is 19.2 Å². The molecule has 2 aromatic carbocycles. The number of sulfonamides is 1. The number of nitriles is 1. The van der Waals surface area contributed by atoms with E-state index in [0.717, 1.165) is 5.56 Å². The molecule has 1 aliphatic rings. The van der Waals surface area contributed by atoms with Crippen LogP contribution in [0.5, 0.6) is 11.5 Å². The number of hydrogen-bond acceptors (Lipinski definition) is 7. The highest BCUT2D eigenvalue weighted by Crippen LogP contribution is 2.29. The molecular formula is C24H29N3O5S. The molecule has 1 aliphatic heterocycles. The number of aliphatic hydroxyl groups excluding tert-OH is 1. The maximum atomic E-state index is 13.0. The average molecular weight is 472 g/mol. The fourth-order valence-corrected chi connectivity index (χ4v) is 5.28. The maximum Gasteiger partial charge on any atom is 0.244 e. The second-order valence-electron chi connectivity index (χ2n) is 7.69. The summed E-state index contributed by atoms with van der Waals surface area (Å²) >= 11 is 0. The highest BCUT2D eigenvalue weighted by molar-refractivity contribution is 7.89. The van der Waals surface area contributed by atoms with Gasteiger partial charge in [-0.3, -0.25) is 4.90 Å². The van der Waals surface area contributed by atoms with Gasteiger partial charge in [-0.25, -0.2) is 8.42 Å². The summed E-state index contributed by atoms with van der Waals surface area (Å²) in [5.41, 5.74) is 1.13. The van der Waals surface area contributed by atoms with Crippen molar-refractivity contribution in [3.8, 4) is 17.6 Å². The minimum absolute atomic E-state index is 0.0313. The van der Waals surface area contributed by atoms with Crippen molar-refractivity contribution in [2.75, 3.05) is 46.4 Å². The van der Waals surface area contributed by atoms with Gasteiger partial charge < -0.3 is 14.6 Å². The van der Waals surface area contributed by atoms with Crippen molar-refractivity contribution in [3.05, 3.63) is 59.7 Å². The molecule has 9 heteroatoms. The summed E-state index contributed by atoms with van der Waals surface area (Å²) in [4.78, 5) is 2.03. The van der Waals surface area contributed by atoms with Crippen LogP contribution in [0, 0.1) is 11.3 Å². The number of piperazine rings is 1. The number of aliphatic hydroxyl groups is 1. The normalized spacial score (nSPS) is 16.4. The standard InChI is InChI=1S/C24H29N3O5S/c1-3-6-19-9-10-22(23(15-19)31-2)32-18-21(28)17-26-11-13-27(14-12-26)33(29,30)24-8-5-4-7-20(24)16-25/h3-10,15,21,28H,11-14,17-18H2,1-2H3/b6-3+. The van der Waals surface area contributed by atoms with E-state index in [1.807, 2.05) is 48.2 Å². The Morgan fingerprint density at radius 3 is 2.55 bits per heavy atom. The van der Waals surface area contributed by atoms with Crippen LogP contribution in [0.1, 0.15) is 18.1 Å². The monoisotopic (exact) mass is 471 g/mol. The van der Waals surface area contributed by atoms with Crippen LogP contribution < -0.4 is 9.47 Å². The van der Waals surface area contributed by atoms with E-state index in [1.165, 1.54) is 16.4 Å². The number of nitrogens with zero attached hydrogens (tertiary/aromatic N) is 3. The molecule has 1 atom stereocenters. The number of β-amino-alcohol motifs (C(OH)–C–C–N with tert-alkyl or cyclic N) is 1. The van der Waals surface area contributed by atoms with Gasteiger partial charge in [0.05, 0.1) is 17.6 Å². The van der Waals surface area contributed by atoms with Gasteiger partial charge in [-0.2, -0.15) is 9.57 Å². The van der Waals surface area contributed by atoms with Gasteiger partial charge in [0.15, 0.2) is 11.5 Å². The van der Waals surface area contributed by atoms with Crippen molar-refractivity contribution in [1.82, 2.24) is 9.21 Å². The molecule has 3 rings (SSSR count). The first-order valence-electron chi connectivity index (χ1n) is 10.7. The van der Waals surface area contributed by atoms with E-state index in [9.17, 15) is 18.8 Å². The molecule has 0 saturated carbocycles. The van der Waals surface area contributed by atoms with Crippen LogP contribution in [0.4, 0.5) is 0 Å². The largest absolute Gasteiger partial charge is 0.493 e. The fraction of sp³-hybridized carbons (Fsp3) is 0.375. The fourth-order valence-electron chi connectivity index (χ4n) is 3.71. The first kappa shape index (κ1) is 24.7. The lowest BCUT2D eigenvalue weighted by atomic mass is 10.2. The van der Waals surface area contributed by atoms with Gasteiger partial charge >= 0.3 is 0 Å². The number of allylic oxidation sites excluding steroid dienone is 1. The molecule has 2 aromatic rings. The van der Waals surface area contributed by atoms with Gasteiger partial charge in [-0.15, -0.1) is 0 Å². The molecule has 8 nitrogen and oxygen atoms in total. The first-order chi connectivity index (χ1) is 15.9. The summed E-state index contributed by atoms with van der Waals surface area (Å²) in [6.07, 6.45) is 3.15. The Bertz CT molecular complexity index is 1120. The van der Waals surface area contributed by atoms with Gasteiger partial charge in [0.2, 0.25) is 10.0 Å². The van der Waals surface area contributed by atoms with Crippen LogP contribution >= 0.6 is 0 Å². The van der Waals surface area contributed by atoms with Gasteiger partial charge in [0.1, 0.15) is 18.8 Å². The summed E-state index contributed by atoms with van der Waals surface area (Å²) in [6, 6.07) is 13.8. The lowest BCUT2D eigenvalue weighted by molar-refractivity contribution is 0.0561. The predicted molar refractivity (Wildman–Crippen MR) is 126 cm³/mol. The van der Waals surface area contributed by atoms with Gasteiger partial charge in [-0.1, -0.05) is 30.4 Å². The summed E-state index contributed by atoms with van der Waals surface area (Å²) in [5, 5.41) is 19.7. The van der Waals surface area contributed by atoms with Crippen LogP contribution in [0.25, 0.3) is 6.08 Å². The second kappa shape index (κ2) is 11.3. The van der Waals surface area contributed by atoms with Crippen molar-refractivity contribution in [2.45, 2.75) is 17.9 Å². The molecular weight excluding hydrogens is 442 g/mol. The molecule has 33 heavy (non-hydrogen) atoms. The minimum atomic E-state index is -3.74. The van der Waals surface area contributed by atoms with Crippen molar-refractivity contribution in [2.24, 2.45) is 0 Å². The van der Waals surface area contributed by atoms with Crippen LogP contribution in [-0.2, 0) is 10.0 Å². The van der Waals surface area contributed by atoms with Crippen LogP contribution in [0.2, 0.25) is 0 Å². The van der Waals surface area contributed by atoms with Crippen molar-refractivity contribution >= 4 is 16.1 Å². The molecule has 0 spiro atoms. The lowest BCUT2D eigenvalue weighted by Gasteiger charge is -2.35. The van der Waals surface area contributed by atoms with E-state index in [2.05, 4.69) is 0 Å². The Hall–Kier alpha value is -2.90. The zero-order chi connectivity index (χ0) is 23.8. The second-order valence-corrected chi connectivity index (χ2v) is 9.59. The molecule has 0 aromatic heterocycles. The SMILES string of the molecule is C/C=C/c1ccc(OCC(O)CN2CCN(S(=O)(=O)c3ccccc3C#N)CC2)c(OC)c1. The molecule has 1 saturated heterocycles. The van der Waals surface area contributed by atoms with Crippen LogP contribution in [0.3, 0.4) is 0 Å². The van der Waals surface area contributed by atoms with Crippen molar-refractivity contribution < 1.29 is 23.0 Å². The molecule has 176 valence electrons. The first-order valence-corrected chi connectivity index (χ1v) is 12.2. The number of hydrogen-bond donors (Lipinski definition) is 1. The maximum absolute atomic E-state index is 13.0. The third-order valence-electron chi connectivity index (χ3n) is 5.40. The van der Waals surface area contributed by atoms with E-state index >= 15 is 0 Å². The highest BCUT2D eigenvalue weighted by Gasteiger charge is 2.30. The molecule has 1 N–H and O–H groups in total. The van der Waals surface area contributed by atoms with E-state index in [0.29, 0.717) is 31.1 Å². The van der Waals surface area contributed by atoms with Gasteiger partial charge in [0, 0.05) is 32.7 Å². The van der Waals surface area contributed by atoms with E-state index in [4.69, 9.17) is 9.47 Å². The summed E-state index contributed by atoms with van der Waals surface area (Å²) in [5.74, 6) is 1.14. The molecule has 1 heterocycles. The minimum Gasteiger partial charge on any atom is -0.493 e. The van der Waals surface area contributed by atoms with E-state index < -0.39 is 16.1 Å². The smallest absolute Gasteiger partial charge is 0.244 e. The molecule has 0 amide bonds. The average Bonchev–Trinajstić information content (AvgIpc) is 2.83. The summed E-state index contributed by atoms with van der Waals surface area (Å²) in [7, 11) is -2.17.